The second-order valence-electron chi connectivity index (χ2n) is 6.04. The number of rotatable bonds is 5. The number of thiazole rings is 1. The third kappa shape index (κ3) is 3.33. The molecule has 2 aromatic rings. The van der Waals surface area contributed by atoms with Crippen LogP contribution in [0.3, 0.4) is 0 Å². The summed E-state index contributed by atoms with van der Waals surface area (Å²) in [6.45, 7) is 6.25. The Kier molecular flexibility index (Phi) is 4.37. The summed E-state index contributed by atoms with van der Waals surface area (Å²) in [5.74, 6) is 0. The van der Waals surface area contributed by atoms with E-state index in [0.717, 1.165) is 32.6 Å². The van der Waals surface area contributed by atoms with Crippen molar-refractivity contribution >= 4 is 11.3 Å². The minimum absolute atomic E-state index is 0.472. The molecule has 1 aliphatic rings. The third-order valence-corrected chi connectivity index (χ3v) is 4.99. The lowest BCUT2D eigenvalue weighted by Gasteiger charge is -2.34. The highest BCUT2D eigenvalue weighted by molar-refractivity contribution is 7.09. The van der Waals surface area contributed by atoms with Gasteiger partial charge in [-0.1, -0.05) is 0 Å². The number of hydrogen-bond acceptors (Lipinski definition) is 5. The van der Waals surface area contributed by atoms with Gasteiger partial charge in [0.25, 0.3) is 0 Å². The van der Waals surface area contributed by atoms with E-state index in [-0.39, 0.29) is 0 Å². The summed E-state index contributed by atoms with van der Waals surface area (Å²) < 4.78 is 2.22. The van der Waals surface area contributed by atoms with Crippen LogP contribution in [0.15, 0.2) is 17.8 Å². The predicted molar refractivity (Wildman–Crippen MR) is 85.4 cm³/mol. The van der Waals surface area contributed by atoms with Crippen molar-refractivity contribution in [2.24, 2.45) is 0 Å². The summed E-state index contributed by atoms with van der Waals surface area (Å²) in [7, 11) is 4.26. The number of nitrogens with zero attached hydrogens (tertiary/aromatic N) is 5. The fourth-order valence-electron chi connectivity index (χ4n) is 2.89. The zero-order valence-electron chi connectivity index (χ0n) is 13.0. The van der Waals surface area contributed by atoms with Gasteiger partial charge in [0.2, 0.25) is 0 Å². The Morgan fingerprint density at radius 1 is 1.43 bits per heavy atom. The van der Waals surface area contributed by atoms with Crippen LogP contribution in [0.2, 0.25) is 0 Å². The standard InChI is InChI=1S/C15H23N5S/c1-12-15(21-11-16-12)10-19-8-13-4-6-17-20(13)14(9-19)5-7-18(2)3/h4,6,11,14H,5,7-10H2,1-3H3. The van der Waals surface area contributed by atoms with Crippen molar-refractivity contribution in [1.29, 1.82) is 0 Å². The van der Waals surface area contributed by atoms with Gasteiger partial charge < -0.3 is 4.90 Å². The van der Waals surface area contributed by atoms with Gasteiger partial charge in [-0.25, -0.2) is 4.98 Å². The van der Waals surface area contributed by atoms with Crippen LogP contribution in [0.5, 0.6) is 0 Å². The lowest BCUT2D eigenvalue weighted by Crippen LogP contribution is -2.38. The van der Waals surface area contributed by atoms with Crippen molar-refractivity contribution in [3.05, 3.63) is 34.0 Å². The van der Waals surface area contributed by atoms with E-state index in [2.05, 4.69) is 51.6 Å². The molecule has 0 amide bonds. The second kappa shape index (κ2) is 6.25. The number of aromatic nitrogens is 3. The quantitative estimate of drug-likeness (QED) is 0.848. The van der Waals surface area contributed by atoms with Crippen molar-refractivity contribution in [3.8, 4) is 0 Å². The fourth-order valence-corrected chi connectivity index (χ4v) is 3.71. The first-order valence-electron chi connectivity index (χ1n) is 7.42. The zero-order chi connectivity index (χ0) is 14.8. The van der Waals surface area contributed by atoms with Crippen molar-refractivity contribution in [2.45, 2.75) is 32.5 Å². The van der Waals surface area contributed by atoms with Crippen LogP contribution in [0.25, 0.3) is 0 Å². The van der Waals surface area contributed by atoms with E-state index in [0.29, 0.717) is 6.04 Å². The molecule has 6 heteroatoms. The summed E-state index contributed by atoms with van der Waals surface area (Å²) in [6.07, 6.45) is 3.07. The maximum atomic E-state index is 4.53. The molecule has 114 valence electrons. The summed E-state index contributed by atoms with van der Waals surface area (Å²) in [5, 5.41) is 4.53. The third-order valence-electron chi connectivity index (χ3n) is 4.07. The molecular weight excluding hydrogens is 282 g/mol. The zero-order valence-corrected chi connectivity index (χ0v) is 13.8. The van der Waals surface area contributed by atoms with Gasteiger partial charge in [0.1, 0.15) is 0 Å². The molecule has 0 radical (unpaired) electrons. The molecule has 0 bridgehead atoms. The lowest BCUT2D eigenvalue weighted by molar-refractivity contribution is 0.156. The minimum atomic E-state index is 0.472. The largest absolute Gasteiger partial charge is 0.309 e. The molecule has 0 fully saturated rings. The Morgan fingerprint density at radius 2 is 2.29 bits per heavy atom. The average Bonchev–Trinajstić information content (AvgIpc) is 3.06. The first-order valence-corrected chi connectivity index (χ1v) is 8.30. The normalized spacial score (nSPS) is 19.1. The Labute approximate surface area is 130 Å². The van der Waals surface area contributed by atoms with Gasteiger partial charge in [0, 0.05) is 30.7 Å². The summed E-state index contributed by atoms with van der Waals surface area (Å²) in [6, 6.07) is 2.62. The van der Waals surface area contributed by atoms with Crippen LogP contribution in [0, 0.1) is 6.92 Å². The van der Waals surface area contributed by atoms with Gasteiger partial charge in [-0.05, 0) is 40.1 Å². The van der Waals surface area contributed by atoms with E-state index in [1.54, 1.807) is 11.3 Å². The van der Waals surface area contributed by atoms with Crippen molar-refractivity contribution in [2.75, 3.05) is 27.2 Å². The van der Waals surface area contributed by atoms with Crippen molar-refractivity contribution in [3.63, 3.8) is 0 Å². The lowest BCUT2D eigenvalue weighted by atomic mass is 10.1. The number of aryl methyl sites for hydroxylation is 1. The molecule has 3 rings (SSSR count). The van der Waals surface area contributed by atoms with Crippen molar-refractivity contribution < 1.29 is 0 Å². The average molecular weight is 305 g/mol. The predicted octanol–water partition coefficient (Wildman–Crippen LogP) is 2.16. The van der Waals surface area contributed by atoms with E-state index < -0.39 is 0 Å². The Balaban J connectivity index is 1.72. The molecule has 3 heterocycles. The van der Waals surface area contributed by atoms with E-state index in [1.165, 1.54) is 16.3 Å². The molecule has 0 saturated heterocycles. The van der Waals surface area contributed by atoms with Gasteiger partial charge in [-0.3, -0.25) is 9.58 Å². The van der Waals surface area contributed by atoms with Crippen LogP contribution in [-0.4, -0.2) is 51.7 Å². The van der Waals surface area contributed by atoms with Gasteiger partial charge in [-0.2, -0.15) is 5.10 Å². The number of hydrogen-bond donors (Lipinski definition) is 0. The van der Waals surface area contributed by atoms with Crippen molar-refractivity contribution in [1.82, 2.24) is 24.6 Å². The molecule has 5 nitrogen and oxygen atoms in total. The van der Waals surface area contributed by atoms with Gasteiger partial charge >= 0.3 is 0 Å². The van der Waals surface area contributed by atoms with E-state index in [9.17, 15) is 0 Å². The summed E-state index contributed by atoms with van der Waals surface area (Å²) in [4.78, 5) is 10.5. The molecule has 0 spiro atoms. The first kappa shape index (κ1) is 14.7. The van der Waals surface area contributed by atoms with Crippen LogP contribution < -0.4 is 0 Å². The van der Waals surface area contributed by atoms with E-state index in [1.807, 2.05) is 11.7 Å². The highest BCUT2D eigenvalue weighted by Crippen LogP contribution is 2.25. The highest BCUT2D eigenvalue weighted by Gasteiger charge is 2.26. The van der Waals surface area contributed by atoms with E-state index in [4.69, 9.17) is 0 Å². The Morgan fingerprint density at radius 3 is 3.00 bits per heavy atom. The summed E-state index contributed by atoms with van der Waals surface area (Å²) in [5.41, 5.74) is 4.44. The number of fused-ring (bicyclic) bond motifs is 1. The molecule has 1 aliphatic heterocycles. The van der Waals surface area contributed by atoms with Gasteiger partial charge in [-0.15, -0.1) is 11.3 Å². The van der Waals surface area contributed by atoms with Gasteiger partial charge in [0.05, 0.1) is 22.9 Å². The molecule has 1 atom stereocenters. The smallest absolute Gasteiger partial charge is 0.0798 e. The molecule has 2 aromatic heterocycles. The topological polar surface area (TPSA) is 37.2 Å². The Bertz CT molecular complexity index is 588. The minimum Gasteiger partial charge on any atom is -0.309 e. The van der Waals surface area contributed by atoms with Crippen LogP contribution >= 0.6 is 11.3 Å². The van der Waals surface area contributed by atoms with E-state index >= 15 is 0 Å². The molecule has 0 N–H and O–H groups in total. The Hall–Kier alpha value is -1.24. The second-order valence-corrected chi connectivity index (χ2v) is 6.98. The first-order chi connectivity index (χ1) is 10.1. The van der Waals surface area contributed by atoms with Crippen LogP contribution in [-0.2, 0) is 13.1 Å². The van der Waals surface area contributed by atoms with Gasteiger partial charge in [0.15, 0.2) is 0 Å². The fraction of sp³-hybridized carbons (Fsp3) is 0.600. The van der Waals surface area contributed by atoms with Crippen LogP contribution in [0.1, 0.15) is 28.7 Å². The monoisotopic (exact) mass is 305 g/mol. The molecule has 0 saturated carbocycles. The maximum absolute atomic E-state index is 4.53. The highest BCUT2D eigenvalue weighted by atomic mass is 32.1. The molecule has 0 aliphatic carbocycles. The molecule has 0 aromatic carbocycles. The maximum Gasteiger partial charge on any atom is 0.0798 e. The van der Waals surface area contributed by atoms with Crippen LogP contribution in [0.4, 0.5) is 0 Å². The SMILES string of the molecule is Cc1ncsc1CN1Cc2ccnn2C(CCN(C)C)C1. The molecular formula is C15H23N5S. The molecule has 21 heavy (non-hydrogen) atoms. The molecule has 1 unspecified atom stereocenters. The summed E-state index contributed by atoms with van der Waals surface area (Å²) >= 11 is 1.76.